The van der Waals surface area contributed by atoms with Crippen LogP contribution in [-0.4, -0.2) is 11.9 Å². The van der Waals surface area contributed by atoms with Crippen LogP contribution < -0.4 is 9.47 Å². The third-order valence-electron chi connectivity index (χ3n) is 4.82. The van der Waals surface area contributed by atoms with E-state index >= 15 is 0 Å². The zero-order chi connectivity index (χ0) is 21.3. The van der Waals surface area contributed by atoms with Crippen molar-refractivity contribution in [3.8, 4) is 11.5 Å². The second-order valence-corrected chi connectivity index (χ2v) is 8.82. The number of rotatable bonds is 16. The third-order valence-corrected chi connectivity index (χ3v) is 5.49. The van der Waals surface area contributed by atoms with Gasteiger partial charge in [0.2, 0.25) is 0 Å². The Morgan fingerprint density at radius 2 is 1.14 bits per heavy atom. The molecular formula is C24H37IO4. The molecule has 0 unspecified atom stereocenters. The van der Waals surface area contributed by atoms with E-state index in [1.807, 2.05) is 6.07 Å². The van der Waals surface area contributed by atoms with E-state index in [0.29, 0.717) is 24.3 Å². The lowest BCUT2D eigenvalue weighted by Gasteiger charge is -2.11. The SMILES string of the molecule is CCCCCCCCC(=O)Oc1ccc(I)cc1OC(=O)CCCCCCCC. The van der Waals surface area contributed by atoms with Gasteiger partial charge in [0.25, 0.3) is 0 Å². The standard InChI is InChI=1S/C24H37IO4/c1-3-5-7-9-11-13-15-23(26)28-21-18-17-20(25)19-22(21)29-24(27)16-14-12-10-8-6-4-2/h17-19H,3-16H2,1-2H3. The van der Waals surface area contributed by atoms with Crippen LogP contribution >= 0.6 is 22.6 Å². The van der Waals surface area contributed by atoms with Crippen LogP contribution in [0.25, 0.3) is 0 Å². The third kappa shape index (κ3) is 12.9. The van der Waals surface area contributed by atoms with Crippen molar-refractivity contribution < 1.29 is 19.1 Å². The van der Waals surface area contributed by atoms with Gasteiger partial charge in [-0.05, 0) is 53.6 Å². The lowest BCUT2D eigenvalue weighted by molar-refractivity contribution is -0.137. The fourth-order valence-corrected chi connectivity index (χ4v) is 3.56. The molecule has 4 nitrogen and oxygen atoms in total. The van der Waals surface area contributed by atoms with Gasteiger partial charge >= 0.3 is 11.9 Å². The van der Waals surface area contributed by atoms with Crippen LogP contribution in [-0.2, 0) is 9.59 Å². The minimum absolute atomic E-state index is 0.268. The lowest BCUT2D eigenvalue weighted by atomic mass is 10.1. The predicted molar refractivity (Wildman–Crippen MR) is 126 cm³/mol. The van der Waals surface area contributed by atoms with Crippen molar-refractivity contribution in [3.05, 3.63) is 21.8 Å². The molecule has 1 rings (SSSR count). The van der Waals surface area contributed by atoms with E-state index in [9.17, 15) is 9.59 Å². The summed E-state index contributed by atoms with van der Waals surface area (Å²) in [7, 11) is 0. The lowest BCUT2D eigenvalue weighted by Crippen LogP contribution is -2.12. The molecule has 1 aromatic carbocycles. The summed E-state index contributed by atoms with van der Waals surface area (Å²) in [4.78, 5) is 24.3. The maximum atomic E-state index is 12.2. The van der Waals surface area contributed by atoms with Crippen molar-refractivity contribution in [1.82, 2.24) is 0 Å². The Kier molecular flexibility index (Phi) is 14.9. The summed E-state index contributed by atoms with van der Waals surface area (Å²) in [5, 5.41) is 0. The molecule has 0 saturated heterocycles. The Morgan fingerprint density at radius 3 is 1.66 bits per heavy atom. The van der Waals surface area contributed by atoms with Crippen LogP contribution in [0.2, 0.25) is 0 Å². The van der Waals surface area contributed by atoms with Crippen LogP contribution in [0.3, 0.4) is 0 Å². The Labute approximate surface area is 190 Å². The van der Waals surface area contributed by atoms with Gasteiger partial charge < -0.3 is 9.47 Å². The number of hydrogen-bond donors (Lipinski definition) is 0. The first-order chi connectivity index (χ1) is 14.1. The number of carbonyl (C=O) groups is 2. The van der Waals surface area contributed by atoms with Gasteiger partial charge in [-0.15, -0.1) is 0 Å². The monoisotopic (exact) mass is 516 g/mol. The molecule has 0 amide bonds. The predicted octanol–water partition coefficient (Wildman–Crippen LogP) is 7.60. The van der Waals surface area contributed by atoms with Gasteiger partial charge in [0.15, 0.2) is 11.5 Å². The van der Waals surface area contributed by atoms with Gasteiger partial charge in [0, 0.05) is 16.4 Å². The molecule has 0 spiro atoms. The topological polar surface area (TPSA) is 52.6 Å². The maximum absolute atomic E-state index is 12.2. The number of esters is 2. The summed E-state index contributed by atoms with van der Waals surface area (Å²) < 4.78 is 11.9. The summed E-state index contributed by atoms with van der Waals surface area (Å²) in [6.45, 7) is 4.38. The molecule has 0 fully saturated rings. The Balaban J connectivity index is 2.42. The minimum atomic E-state index is -0.269. The molecule has 29 heavy (non-hydrogen) atoms. The van der Waals surface area contributed by atoms with Crippen LogP contribution in [0.4, 0.5) is 0 Å². The number of unbranched alkanes of at least 4 members (excludes halogenated alkanes) is 10. The van der Waals surface area contributed by atoms with E-state index in [0.717, 1.165) is 42.1 Å². The first kappa shape index (κ1) is 25.9. The molecule has 0 saturated carbocycles. The van der Waals surface area contributed by atoms with Crippen LogP contribution in [0.1, 0.15) is 104 Å². The molecule has 0 aliphatic heterocycles. The molecular weight excluding hydrogens is 479 g/mol. The number of carbonyl (C=O) groups excluding carboxylic acids is 2. The minimum Gasteiger partial charge on any atom is -0.423 e. The summed E-state index contributed by atoms with van der Waals surface area (Å²) in [6.07, 6.45) is 14.2. The quantitative estimate of drug-likeness (QED) is 0.0983. The van der Waals surface area contributed by atoms with Crippen molar-refractivity contribution in [2.75, 3.05) is 0 Å². The number of hydrogen-bond acceptors (Lipinski definition) is 4. The average molecular weight is 516 g/mol. The Hall–Kier alpha value is -1.11. The number of benzene rings is 1. The highest BCUT2D eigenvalue weighted by molar-refractivity contribution is 14.1. The number of ether oxygens (including phenoxy) is 2. The van der Waals surface area contributed by atoms with Crippen LogP contribution in [0, 0.1) is 3.57 Å². The highest BCUT2D eigenvalue weighted by Crippen LogP contribution is 2.30. The molecule has 1 aromatic rings. The molecule has 0 atom stereocenters. The van der Waals surface area contributed by atoms with E-state index in [-0.39, 0.29) is 11.9 Å². The zero-order valence-electron chi connectivity index (χ0n) is 18.1. The van der Waals surface area contributed by atoms with E-state index in [4.69, 9.17) is 9.47 Å². The van der Waals surface area contributed by atoms with Gasteiger partial charge in [-0.25, -0.2) is 0 Å². The van der Waals surface area contributed by atoms with E-state index in [2.05, 4.69) is 36.4 Å². The first-order valence-electron chi connectivity index (χ1n) is 11.3. The zero-order valence-corrected chi connectivity index (χ0v) is 20.3. The average Bonchev–Trinajstić information content (AvgIpc) is 2.69. The van der Waals surface area contributed by atoms with E-state index in [1.54, 1.807) is 12.1 Å². The van der Waals surface area contributed by atoms with Gasteiger partial charge in [0.05, 0.1) is 0 Å². The molecule has 0 aromatic heterocycles. The van der Waals surface area contributed by atoms with Crippen molar-refractivity contribution in [1.29, 1.82) is 0 Å². The van der Waals surface area contributed by atoms with Gasteiger partial charge in [-0.3, -0.25) is 9.59 Å². The molecule has 0 heterocycles. The van der Waals surface area contributed by atoms with Gasteiger partial charge in [-0.1, -0.05) is 78.1 Å². The molecule has 0 aliphatic carbocycles. The van der Waals surface area contributed by atoms with Crippen molar-refractivity contribution >= 4 is 34.5 Å². The second kappa shape index (κ2) is 16.7. The highest BCUT2D eigenvalue weighted by Gasteiger charge is 2.14. The van der Waals surface area contributed by atoms with Gasteiger partial charge in [0.1, 0.15) is 0 Å². The van der Waals surface area contributed by atoms with Crippen LogP contribution in [0.15, 0.2) is 18.2 Å². The van der Waals surface area contributed by atoms with Crippen LogP contribution in [0.5, 0.6) is 11.5 Å². The largest absolute Gasteiger partial charge is 0.423 e. The number of halogens is 1. The summed E-state index contributed by atoms with van der Waals surface area (Å²) in [5.41, 5.74) is 0. The fraction of sp³-hybridized carbons (Fsp3) is 0.667. The Bertz CT molecular complexity index is 601. The smallest absolute Gasteiger partial charge is 0.311 e. The molecule has 0 aliphatic rings. The van der Waals surface area contributed by atoms with Crippen molar-refractivity contribution in [3.63, 3.8) is 0 Å². The molecule has 164 valence electrons. The fourth-order valence-electron chi connectivity index (χ4n) is 3.09. The van der Waals surface area contributed by atoms with Crippen molar-refractivity contribution in [2.24, 2.45) is 0 Å². The summed E-state index contributed by atoms with van der Waals surface area (Å²) in [6, 6.07) is 5.29. The summed E-state index contributed by atoms with van der Waals surface area (Å²) in [5.74, 6) is 0.132. The molecule has 0 N–H and O–H groups in total. The summed E-state index contributed by atoms with van der Waals surface area (Å²) >= 11 is 2.16. The Morgan fingerprint density at radius 1 is 0.690 bits per heavy atom. The van der Waals surface area contributed by atoms with E-state index < -0.39 is 0 Å². The molecule has 0 radical (unpaired) electrons. The molecule has 0 bridgehead atoms. The van der Waals surface area contributed by atoms with Gasteiger partial charge in [-0.2, -0.15) is 0 Å². The van der Waals surface area contributed by atoms with E-state index in [1.165, 1.54) is 38.5 Å². The maximum Gasteiger partial charge on any atom is 0.311 e. The van der Waals surface area contributed by atoms with Crippen molar-refractivity contribution in [2.45, 2.75) is 104 Å². The normalized spacial score (nSPS) is 10.7. The first-order valence-corrected chi connectivity index (χ1v) is 12.4. The second-order valence-electron chi connectivity index (χ2n) is 7.57. The highest BCUT2D eigenvalue weighted by atomic mass is 127. The molecule has 5 heteroatoms.